The van der Waals surface area contributed by atoms with Crippen LogP contribution in [-0.4, -0.2) is 26.6 Å². The Morgan fingerprint density at radius 2 is 1.67 bits per heavy atom. The molecular formula is C20H25ClN2O3S. The number of rotatable bonds is 6. The van der Waals surface area contributed by atoms with Gasteiger partial charge in [0.2, 0.25) is 15.9 Å². The van der Waals surface area contributed by atoms with Crippen molar-refractivity contribution in [1.29, 1.82) is 0 Å². The predicted octanol–water partition coefficient (Wildman–Crippen LogP) is 4.57. The summed E-state index contributed by atoms with van der Waals surface area (Å²) in [6.07, 6.45) is 1.08. The second kappa shape index (κ2) is 8.31. The van der Waals surface area contributed by atoms with E-state index in [1.807, 2.05) is 39.0 Å². The molecule has 0 aliphatic rings. The maximum atomic E-state index is 12.9. The van der Waals surface area contributed by atoms with E-state index in [0.29, 0.717) is 10.7 Å². The van der Waals surface area contributed by atoms with Gasteiger partial charge in [0.1, 0.15) is 6.04 Å². The van der Waals surface area contributed by atoms with Gasteiger partial charge in [-0.25, -0.2) is 8.42 Å². The standard InChI is InChI=1S/C20H25ClN2O3S/c1-13(2)18-8-6-7-14(3)19(18)22-20(24)15(4)23(27(5,25)26)17-11-9-16(21)10-12-17/h6-13,15H,1-5H3,(H,22,24)/t15-/m0/s1. The van der Waals surface area contributed by atoms with E-state index in [9.17, 15) is 13.2 Å². The lowest BCUT2D eigenvalue weighted by molar-refractivity contribution is -0.116. The highest BCUT2D eigenvalue weighted by atomic mass is 35.5. The van der Waals surface area contributed by atoms with E-state index in [0.717, 1.165) is 27.4 Å². The van der Waals surface area contributed by atoms with Gasteiger partial charge in [-0.2, -0.15) is 0 Å². The van der Waals surface area contributed by atoms with Gasteiger partial charge in [0.05, 0.1) is 11.9 Å². The molecule has 7 heteroatoms. The molecular weight excluding hydrogens is 384 g/mol. The van der Waals surface area contributed by atoms with Crippen molar-refractivity contribution in [2.75, 3.05) is 15.9 Å². The summed E-state index contributed by atoms with van der Waals surface area (Å²) in [5.41, 5.74) is 3.06. The lowest BCUT2D eigenvalue weighted by atomic mass is 9.98. The predicted molar refractivity (Wildman–Crippen MR) is 112 cm³/mol. The second-order valence-electron chi connectivity index (χ2n) is 6.89. The van der Waals surface area contributed by atoms with Gasteiger partial charge in [-0.15, -0.1) is 0 Å². The van der Waals surface area contributed by atoms with E-state index in [1.165, 1.54) is 0 Å². The Morgan fingerprint density at radius 3 is 2.19 bits per heavy atom. The second-order valence-corrected chi connectivity index (χ2v) is 9.19. The average molecular weight is 409 g/mol. The molecule has 1 atom stereocenters. The zero-order chi connectivity index (χ0) is 20.4. The fraction of sp³-hybridized carbons (Fsp3) is 0.350. The largest absolute Gasteiger partial charge is 0.324 e. The average Bonchev–Trinajstić information content (AvgIpc) is 2.57. The number of amides is 1. The van der Waals surface area contributed by atoms with Crippen molar-refractivity contribution >= 4 is 38.9 Å². The molecule has 146 valence electrons. The van der Waals surface area contributed by atoms with Gasteiger partial charge in [-0.3, -0.25) is 9.10 Å². The molecule has 27 heavy (non-hydrogen) atoms. The molecule has 0 aromatic heterocycles. The van der Waals surface area contributed by atoms with Crippen LogP contribution in [0.25, 0.3) is 0 Å². The number of nitrogens with one attached hydrogen (secondary N) is 1. The van der Waals surface area contributed by atoms with Crippen LogP contribution in [-0.2, 0) is 14.8 Å². The van der Waals surface area contributed by atoms with E-state index in [2.05, 4.69) is 5.32 Å². The molecule has 0 bridgehead atoms. The fourth-order valence-corrected chi connectivity index (χ4v) is 4.27. The number of aryl methyl sites for hydroxylation is 1. The van der Waals surface area contributed by atoms with E-state index in [-0.39, 0.29) is 5.92 Å². The molecule has 0 radical (unpaired) electrons. The summed E-state index contributed by atoms with van der Waals surface area (Å²) in [4.78, 5) is 12.9. The highest BCUT2D eigenvalue weighted by Crippen LogP contribution is 2.29. The van der Waals surface area contributed by atoms with Crippen LogP contribution in [0.15, 0.2) is 42.5 Å². The van der Waals surface area contributed by atoms with Crippen LogP contribution in [0.2, 0.25) is 5.02 Å². The Morgan fingerprint density at radius 1 is 1.07 bits per heavy atom. The molecule has 0 heterocycles. The summed E-state index contributed by atoms with van der Waals surface area (Å²) in [7, 11) is -3.67. The third kappa shape index (κ3) is 5.02. The topological polar surface area (TPSA) is 66.5 Å². The Kier molecular flexibility index (Phi) is 6.54. The number of hydrogen-bond acceptors (Lipinski definition) is 3. The smallest absolute Gasteiger partial charge is 0.248 e. The minimum Gasteiger partial charge on any atom is -0.324 e. The number of hydrogen-bond donors (Lipinski definition) is 1. The summed E-state index contributed by atoms with van der Waals surface area (Å²) >= 11 is 5.90. The van der Waals surface area contributed by atoms with E-state index in [4.69, 9.17) is 11.6 Å². The lowest BCUT2D eigenvalue weighted by Gasteiger charge is -2.29. The molecule has 0 aliphatic heterocycles. The van der Waals surface area contributed by atoms with Gasteiger partial charge in [0.25, 0.3) is 0 Å². The molecule has 5 nitrogen and oxygen atoms in total. The van der Waals surface area contributed by atoms with Crippen molar-refractivity contribution in [3.8, 4) is 0 Å². The number of carbonyl (C=O) groups excluding carboxylic acids is 1. The Balaban J connectivity index is 2.38. The molecule has 2 rings (SSSR count). The van der Waals surface area contributed by atoms with Gasteiger partial charge in [0.15, 0.2) is 0 Å². The Bertz CT molecular complexity index is 925. The first kappa shape index (κ1) is 21.3. The molecule has 0 fully saturated rings. The number of nitrogens with zero attached hydrogens (tertiary/aromatic N) is 1. The normalized spacial score (nSPS) is 12.7. The van der Waals surface area contributed by atoms with Crippen LogP contribution >= 0.6 is 11.6 Å². The summed E-state index contributed by atoms with van der Waals surface area (Å²) in [5.74, 6) is -0.177. The van der Waals surface area contributed by atoms with E-state index >= 15 is 0 Å². The van der Waals surface area contributed by atoms with Crippen molar-refractivity contribution in [2.45, 2.75) is 39.7 Å². The minimum absolute atomic E-state index is 0.220. The number of benzene rings is 2. The third-order valence-electron chi connectivity index (χ3n) is 4.34. The Hall–Kier alpha value is -2.05. The maximum Gasteiger partial charge on any atom is 0.248 e. The lowest BCUT2D eigenvalue weighted by Crippen LogP contribution is -2.45. The monoisotopic (exact) mass is 408 g/mol. The molecule has 1 N–H and O–H groups in total. The summed E-state index contributed by atoms with van der Waals surface area (Å²) in [6.45, 7) is 7.58. The zero-order valence-electron chi connectivity index (χ0n) is 16.2. The van der Waals surface area contributed by atoms with Gasteiger partial charge in [-0.1, -0.05) is 43.6 Å². The molecule has 0 saturated carbocycles. The summed E-state index contributed by atoms with van der Waals surface area (Å²) in [6, 6.07) is 11.3. The van der Waals surface area contributed by atoms with Crippen molar-refractivity contribution in [2.24, 2.45) is 0 Å². The van der Waals surface area contributed by atoms with Crippen LogP contribution in [0, 0.1) is 6.92 Å². The first-order chi connectivity index (χ1) is 12.5. The maximum absolute atomic E-state index is 12.9. The van der Waals surface area contributed by atoms with Crippen LogP contribution in [0.3, 0.4) is 0 Å². The highest BCUT2D eigenvalue weighted by molar-refractivity contribution is 7.92. The zero-order valence-corrected chi connectivity index (χ0v) is 17.7. The van der Waals surface area contributed by atoms with Gasteiger partial charge < -0.3 is 5.32 Å². The Labute approximate surface area is 166 Å². The highest BCUT2D eigenvalue weighted by Gasteiger charge is 2.29. The number of para-hydroxylation sites is 1. The summed E-state index contributed by atoms with van der Waals surface area (Å²) in [5, 5.41) is 3.41. The van der Waals surface area contributed by atoms with Crippen LogP contribution in [0.1, 0.15) is 37.8 Å². The molecule has 0 spiro atoms. The number of carbonyl (C=O) groups is 1. The van der Waals surface area contributed by atoms with Crippen LogP contribution in [0.4, 0.5) is 11.4 Å². The third-order valence-corrected chi connectivity index (χ3v) is 5.84. The number of anilines is 2. The van der Waals surface area contributed by atoms with Crippen LogP contribution < -0.4 is 9.62 Å². The number of halogens is 1. The summed E-state index contributed by atoms with van der Waals surface area (Å²) < 4.78 is 25.8. The number of sulfonamides is 1. The van der Waals surface area contributed by atoms with Crippen molar-refractivity contribution in [3.63, 3.8) is 0 Å². The van der Waals surface area contributed by atoms with Crippen molar-refractivity contribution in [3.05, 3.63) is 58.6 Å². The van der Waals surface area contributed by atoms with Crippen molar-refractivity contribution < 1.29 is 13.2 Å². The van der Waals surface area contributed by atoms with Gasteiger partial charge in [-0.05, 0) is 55.2 Å². The van der Waals surface area contributed by atoms with E-state index < -0.39 is 22.0 Å². The molecule has 1 amide bonds. The van der Waals surface area contributed by atoms with Gasteiger partial charge >= 0.3 is 0 Å². The molecule has 0 aliphatic carbocycles. The van der Waals surface area contributed by atoms with Crippen molar-refractivity contribution in [1.82, 2.24) is 0 Å². The first-order valence-corrected chi connectivity index (χ1v) is 10.9. The molecule has 0 saturated heterocycles. The fourth-order valence-electron chi connectivity index (χ4n) is 2.97. The first-order valence-electron chi connectivity index (χ1n) is 8.67. The quantitative estimate of drug-likeness (QED) is 0.761. The SMILES string of the molecule is Cc1cccc(C(C)C)c1NC(=O)[C@H](C)N(c1ccc(Cl)cc1)S(C)(=O)=O. The van der Waals surface area contributed by atoms with Crippen LogP contribution in [0.5, 0.6) is 0 Å². The van der Waals surface area contributed by atoms with E-state index in [1.54, 1.807) is 31.2 Å². The molecule has 2 aromatic carbocycles. The molecule has 2 aromatic rings. The molecule has 0 unspecified atom stereocenters. The minimum atomic E-state index is -3.67. The van der Waals surface area contributed by atoms with Gasteiger partial charge in [0, 0.05) is 10.7 Å².